The number of hydrogen-bond donors (Lipinski definition) is 1. The van der Waals surface area contributed by atoms with Gasteiger partial charge in [0.25, 0.3) is 0 Å². The lowest BCUT2D eigenvalue weighted by atomic mass is 10.1. The standard InChI is InChI=1S/C12H9ClN2/c1-7-2-3-10-8(4-7)9-5-12(13)14-6-11(9)15-10/h2-6,15H,1H3. The van der Waals surface area contributed by atoms with Crippen molar-refractivity contribution in [2.24, 2.45) is 0 Å². The molecule has 0 unspecified atom stereocenters. The number of fused-ring (bicyclic) bond motifs is 3. The first-order chi connectivity index (χ1) is 7.24. The summed E-state index contributed by atoms with van der Waals surface area (Å²) in [6, 6.07) is 8.23. The first-order valence-electron chi connectivity index (χ1n) is 4.77. The fourth-order valence-corrected chi connectivity index (χ4v) is 2.05. The van der Waals surface area contributed by atoms with Crippen molar-refractivity contribution in [2.45, 2.75) is 6.92 Å². The lowest BCUT2D eigenvalue weighted by Gasteiger charge is -1.93. The summed E-state index contributed by atoms with van der Waals surface area (Å²) < 4.78 is 0. The van der Waals surface area contributed by atoms with Crippen LogP contribution < -0.4 is 0 Å². The minimum atomic E-state index is 0.532. The predicted octanol–water partition coefficient (Wildman–Crippen LogP) is 3.68. The second-order valence-corrected chi connectivity index (χ2v) is 4.11. The highest BCUT2D eigenvalue weighted by molar-refractivity contribution is 6.30. The van der Waals surface area contributed by atoms with Gasteiger partial charge in [-0.2, -0.15) is 0 Å². The zero-order valence-corrected chi connectivity index (χ0v) is 8.97. The number of aromatic nitrogens is 2. The van der Waals surface area contributed by atoms with Crippen LogP contribution in [-0.2, 0) is 0 Å². The molecule has 0 atom stereocenters. The highest BCUT2D eigenvalue weighted by Crippen LogP contribution is 2.27. The number of halogens is 1. The average molecular weight is 217 g/mol. The molecule has 2 heterocycles. The Morgan fingerprint density at radius 3 is 2.80 bits per heavy atom. The molecular formula is C12H9ClN2. The zero-order chi connectivity index (χ0) is 10.4. The van der Waals surface area contributed by atoms with E-state index in [-0.39, 0.29) is 0 Å². The van der Waals surface area contributed by atoms with Crippen molar-refractivity contribution in [1.82, 2.24) is 9.97 Å². The summed E-state index contributed by atoms with van der Waals surface area (Å²) in [4.78, 5) is 7.37. The van der Waals surface area contributed by atoms with E-state index in [1.54, 1.807) is 6.20 Å². The van der Waals surface area contributed by atoms with E-state index in [4.69, 9.17) is 11.6 Å². The fraction of sp³-hybridized carbons (Fsp3) is 0.0833. The van der Waals surface area contributed by atoms with Crippen LogP contribution in [0, 0.1) is 6.92 Å². The smallest absolute Gasteiger partial charge is 0.129 e. The number of benzene rings is 1. The Kier molecular flexibility index (Phi) is 1.73. The van der Waals surface area contributed by atoms with Crippen LogP contribution in [0.1, 0.15) is 5.56 Å². The third kappa shape index (κ3) is 1.29. The number of rotatable bonds is 0. The van der Waals surface area contributed by atoms with Gasteiger partial charge in [0.05, 0.1) is 11.7 Å². The van der Waals surface area contributed by atoms with E-state index in [0.717, 1.165) is 16.4 Å². The molecule has 2 aromatic heterocycles. The number of nitrogens with one attached hydrogen (secondary N) is 1. The maximum Gasteiger partial charge on any atom is 0.129 e. The van der Waals surface area contributed by atoms with Crippen molar-refractivity contribution in [1.29, 1.82) is 0 Å². The Morgan fingerprint density at radius 1 is 1.13 bits per heavy atom. The van der Waals surface area contributed by atoms with Gasteiger partial charge in [0.15, 0.2) is 0 Å². The van der Waals surface area contributed by atoms with E-state index in [0.29, 0.717) is 5.15 Å². The van der Waals surface area contributed by atoms with Crippen LogP contribution in [0.2, 0.25) is 5.15 Å². The van der Waals surface area contributed by atoms with E-state index in [9.17, 15) is 0 Å². The van der Waals surface area contributed by atoms with Gasteiger partial charge < -0.3 is 4.98 Å². The quantitative estimate of drug-likeness (QED) is 0.571. The molecule has 0 aliphatic carbocycles. The summed E-state index contributed by atoms with van der Waals surface area (Å²) in [5.41, 5.74) is 3.40. The van der Waals surface area contributed by atoms with Gasteiger partial charge in [0.1, 0.15) is 5.15 Å². The van der Waals surface area contributed by atoms with Gasteiger partial charge in [-0.05, 0) is 25.1 Å². The topological polar surface area (TPSA) is 28.7 Å². The Labute approximate surface area is 91.9 Å². The van der Waals surface area contributed by atoms with Crippen molar-refractivity contribution < 1.29 is 0 Å². The molecule has 0 aliphatic heterocycles. The van der Waals surface area contributed by atoms with E-state index >= 15 is 0 Å². The van der Waals surface area contributed by atoms with E-state index in [2.05, 4.69) is 35.1 Å². The summed E-state index contributed by atoms with van der Waals surface area (Å²) in [6.07, 6.45) is 1.77. The number of pyridine rings is 1. The van der Waals surface area contributed by atoms with Crippen molar-refractivity contribution >= 4 is 33.4 Å². The molecule has 0 spiro atoms. The molecule has 2 nitrogen and oxygen atoms in total. The summed E-state index contributed by atoms with van der Waals surface area (Å²) in [5, 5.41) is 2.87. The number of aryl methyl sites for hydroxylation is 1. The second kappa shape index (κ2) is 2.97. The van der Waals surface area contributed by atoms with Gasteiger partial charge in [-0.1, -0.05) is 23.2 Å². The summed E-state index contributed by atoms with van der Waals surface area (Å²) in [7, 11) is 0. The highest BCUT2D eigenvalue weighted by Gasteiger charge is 2.04. The van der Waals surface area contributed by atoms with E-state index in [1.807, 2.05) is 6.07 Å². The SMILES string of the molecule is Cc1ccc2[nH]c3cnc(Cl)cc3c2c1. The van der Waals surface area contributed by atoms with Gasteiger partial charge >= 0.3 is 0 Å². The van der Waals surface area contributed by atoms with Crippen LogP contribution in [0.4, 0.5) is 0 Å². The zero-order valence-electron chi connectivity index (χ0n) is 8.21. The third-order valence-electron chi connectivity index (χ3n) is 2.61. The van der Waals surface area contributed by atoms with Crippen LogP contribution in [0.25, 0.3) is 21.8 Å². The molecule has 0 saturated heterocycles. The highest BCUT2D eigenvalue weighted by atomic mass is 35.5. The number of hydrogen-bond acceptors (Lipinski definition) is 1. The molecule has 0 radical (unpaired) electrons. The predicted molar refractivity (Wildman–Crippen MR) is 63.3 cm³/mol. The average Bonchev–Trinajstić information content (AvgIpc) is 2.56. The fourth-order valence-electron chi connectivity index (χ4n) is 1.89. The van der Waals surface area contributed by atoms with Gasteiger partial charge in [-0.15, -0.1) is 0 Å². The largest absolute Gasteiger partial charge is 0.353 e. The molecule has 3 aromatic rings. The molecule has 3 rings (SSSR count). The number of aromatic amines is 1. The van der Waals surface area contributed by atoms with Crippen LogP contribution in [-0.4, -0.2) is 9.97 Å². The normalized spacial score (nSPS) is 11.3. The van der Waals surface area contributed by atoms with Crippen molar-refractivity contribution in [2.75, 3.05) is 0 Å². The maximum absolute atomic E-state index is 5.89. The number of nitrogens with zero attached hydrogens (tertiary/aromatic N) is 1. The molecule has 0 saturated carbocycles. The first-order valence-corrected chi connectivity index (χ1v) is 5.15. The van der Waals surface area contributed by atoms with Crippen LogP contribution in [0.5, 0.6) is 0 Å². The Balaban J connectivity index is 2.55. The monoisotopic (exact) mass is 216 g/mol. The molecule has 0 fully saturated rings. The minimum Gasteiger partial charge on any atom is -0.353 e. The number of H-pyrrole nitrogens is 1. The molecule has 3 heteroatoms. The Bertz CT molecular complexity index is 599. The van der Waals surface area contributed by atoms with Crippen molar-refractivity contribution in [3.63, 3.8) is 0 Å². The molecule has 15 heavy (non-hydrogen) atoms. The Hall–Kier alpha value is -1.54. The van der Waals surface area contributed by atoms with Gasteiger partial charge in [-0.3, -0.25) is 0 Å². The maximum atomic E-state index is 5.89. The van der Waals surface area contributed by atoms with E-state index < -0.39 is 0 Å². The van der Waals surface area contributed by atoms with Crippen molar-refractivity contribution in [3.8, 4) is 0 Å². The van der Waals surface area contributed by atoms with Crippen LogP contribution >= 0.6 is 11.6 Å². The molecule has 0 bridgehead atoms. The van der Waals surface area contributed by atoms with Crippen LogP contribution in [0.3, 0.4) is 0 Å². The molecule has 0 aliphatic rings. The summed E-state index contributed by atoms with van der Waals surface area (Å²) in [6.45, 7) is 2.08. The second-order valence-electron chi connectivity index (χ2n) is 3.73. The molecular weight excluding hydrogens is 208 g/mol. The van der Waals surface area contributed by atoms with Crippen LogP contribution in [0.15, 0.2) is 30.5 Å². The lowest BCUT2D eigenvalue weighted by Crippen LogP contribution is -1.73. The van der Waals surface area contributed by atoms with Gasteiger partial charge in [-0.25, -0.2) is 4.98 Å². The molecule has 74 valence electrons. The third-order valence-corrected chi connectivity index (χ3v) is 2.81. The van der Waals surface area contributed by atoms with Gasteiger partial charge in [0.2, 0.25) is 0 Å². The minimum absolute atomic E-state index is 0.532. The van der Waals surface area contributed by atoms with Gasteiger partial charge in [0, 0.05) is 16.3 Å². The summed E-state index contributed by atoms with van der Waals surface area (Å²) in [5.74, 6) is 0. The summed E-state index contributed by atoms with van der Waals surface area (Å²) >= 11 is 5.89. The molecule has 1 N–H and O–H groups in total. The first kappa shape index (κ1) is 8.74. The molecule has 0 amide bonds. The molecule has 1 aromatic carbocycles. The van der Waals surface area contributed by atoms with E-state index in [1.165, 1.54) is 10.9 Å². The Morgan fingerprint density at radius 2 is 1.93 bits per heavy atom. The van der Waals surface area contributed by atoms with Crippen molar-refractivity contribution in [3.05, 3.63) is 41.2 Å². The lowest BCUT2D eigenvalue weighted by molar-refractivity contribution is 1.35.